The van der Waals surface area contributed by atoms with Crippen molar-refractivity contribution in [2.45, 2.75) is 39.8 Å². The number of fused-ring (bicyclic) bond motifs is 1. The molecule has 1 aliphatic heterocycles. The van der Waals surface area contributed by atoms with Crippen LogP contribution in [0.1, 0.15) is 51.0 Å². The summed E-state index contributed by atoms with van der Waals surface area (Å²) in [5, 5.41) is 1.03. The molecule has 0 radical (unpaired) electrons. The van der Waals surface area contributed by atoms with E-state index in [9.17, 15) is 4.79 Å². The molecular weight excluding hydrogens is 270 g/mol. The smallest absolute Gasteiger partial charge is 0.256 e. The molecule has 3 rings (SSSR count). The van der Waals surface area contributed by atoms with Crippen LogP contribution in [-0.4, -0.2) is 20.8 Å². The molecule has 20 heavy (non-hydrogen) atoms. The standard InChI is InChI=1S/C15H17N3OS/c1-4-13(14-17-9(2)10(3)20-14)18-8-12-11(15(18)19)6-5-7-16-12/h5-7,13H,4,8H2,1-3H3. The zero-order chi connectivity index (χ0) is 14.3. The van der Waals surface area contributed by atoms with Crippen LogP contribution in [0.5, 0.6) is 0 Å². The van der Waals surface area contributed by atoms with Crippen molar-refractivity contribution < 1.29 is 4.79 Å². The molecule has 0 saturated heterocycles. The van der Waals surface area contributed by atoms with Gasteiger partial charge in [-0.05, 0) is 32.4 Å². The quantitative estimate of drug-likeness (QED) is 0.870. The van der Waals surface area contributed by atoms with Gasteiger partial charge in [0.05, 0.1) is 29.5 Å². The molecule has 1 atom stereocenters. The lowest BCUT2D eigenvalue weighted by molar-refractivity contribution is 0.0695. The molecule has 0 aromatic carbocycles. The van der Waals surface area contributed by atoms with Crippen molar-refractivity contribution in [3.8, 4) is 0 Å². The zero-order valence-corrected chi connectivity index (χ0v) is 12.7. The summed E-state index contributed by atoms with van der Waals surface area (Å²) in [5.41, 5.74) is 2.67. The number of thiazole rings is 1. The van der Waals surface area contributed by atoms with Gasteiger partial charge in [0, 0.05) is 11.1 Å². The summed E-state index contributed by atoms with van der Waals surface area (Å²) in [5.74, 6) is 0.0745. The number of carbonyl (C=O) groups excluding carboxylic acids is 1. The van der Waals surface area contributed by atoms with Crippen LogP contribution in [0.15, 0.2) is 18.3 Å². The van der Waals surface area contributed by atoms with Gasteiger partial charge in [-0.1, -0.05) is 6.92 Å². The summed E-state index contributed by atoms with van der Waals surface area (Å²) in [6, 6.07) is 3.73. The van der Waals surface area contributed by atoms with E-state index in [-0.39, 0.29) is 11.9 Å². The fourth-order valence-corrected chi connectivity index (χ4v) is 3.69. The van der Waals surface area contributed by atoms with Gasteiger partial charge in [-0.3, -0.25) is 9.78 Å². The normalized spacial score (nSPS) is 15.6. The van der Waals surface area contributed by atoms with Gasteiger partial charge >= 0.3 is 0 Å². The summed E-state index contributed by atoms with van der Waals surface area (Å²) < 4.78 is 0. The molecule has 1 unspecified atom stereocenters. The first-order chi connectivity index (χ1) is 9.61. The molecule has 0 N–H and O–H groups in total. The van der Waals surface area contributed by atoms with Crippen LogP contribution >= 0.6 is 11.3 Å². The van der Waals surface area contributed by atoms with Gasteiger partial charge in [-0.2, -0.15) is 0 Å². The molecule has 3 heterocycles. The number of aryl methyl sites for hydroxylation is 2. The number of rotatable bonds is 3. The fraction of sp³-hybridized carbons (Fsp3) is 0.400. The Labute approximate surface area is 122 Å². The number of hydrogen-bond donors (Lipinski definition) is 0. The predicted octanol–water partition coefficient (Wildman–Crippen LogP) is 3.26. The third kappa shape index (κ3) is 2.02. The highest BCUT2D eigenvalue weighted by Gasteiger charge is 2.34. The second kappa shape index (κ2) is 4.98. The molecule has 0 fully saturated rings. The summed E-state index contributed by atoms with van der Waals surface area (Å²) in [7, 11) is 0. The molecule has 4 nitrogen and oxygen atoms in total. The Morgan fingerprint density at radius 1 is 1.45 bits per heavy atom. The van der Waals surface area contributed by atoms with E-state index in [0.717, 1.165) is 28.4 Å². The average Bonchev–Trinajstić information content (AvgIpc) is 2.94. The molecule has 2 aromatic rings. The Morgan fingerprint density at radius 3 is 2.85 bits per heavy atom. The largest absolute Gasteiger partial charge is 0.323 e. The molecule has 5 heteroatoms. The topological polar surface area (TPSA) is 46.1 Å². The van der Waals surface area contributed by atoms with Gasteiger partial charge in [0.15, 0.2) is 0 Å². The number of carbonyl (C=O) groups is 1. The highest BCUT2D eigenvalue weighted by molar-refractivity contribution is 7.11. The van der Waals surface area contributed by atoms with E-state index in [0.29, 0.717) is 6.54 Å². The molecule has 2 aromatic heterocycles. The predicted molar refractivity (Wildman–Crippen MR) is 78.7 cm³/mol. The average molecular weight is 287 g/mol. The van der Waals surface area contributed by atoms with Crippen molar-refractivity contribution in [3.05, 3.63) is 45.2 Å². The van der Waals surface area contributed by atoms with Crippen LogP contribution in [0, 0.1) is 13.8 Å². The summed E-state index contributed by atoms with van der Waals surface area (Å²) in [6.07, 6.45) is 2.61. The second-order valence-electron chi connectivity index (χ2n) is 5.05. The molecule has 1 amide bonds. The van der Waals surface area contributed by atoms with E-state index in [1.165, 1.54) is 4.88 Å². The van der Waals surface area contributed by atoms with Crippen LogP contribution in [0.4, 0.5) is 0 Å². The Hall–Kier alpha value is -1.75. The minimum Gasteiger partial charge on any atom is -0.323 e. The maximum absolute atomic E-state index is 12.5. The Morgan fingerprint density at radius 2 is 2.25 bits per heavy atom. The van der Waals surface area contributed by atoms with Crippen molar-refractivity contribution in [2.24, 2.45) is 0 Å². The van der Waals surface area contributed by atoms with Gasteiger partial charge in [0.2, 0.25) is 0 Å². The van der Waals surface area contributed by atoms with Crippen molar-refractivity contribution in [1.29, 1.82) is 0 Å². The first-order valence-electron chi connectivity index (χ1n) is 6.80. The zero-order valence-electron chi connectivity index (χ0n) is 11.9. The number of aromatic nitrogens is 2. The van der Waals surface area contributed by atoms with Crippen LogP contribution in [0.25, 0.3) is 0 Å². The maximum atomic E-state index is 12.5. The third-order valence-corrected chi connectivity index (χ3v) is 4.97. The number of pyridine rings is 1. The summed E-state index contributed by atoms with van der Waals surface area (Å²) >= 11 is 1.69. The van der Waals surface area contributed by atoms with Crippen molar-refractivity contribution in [3.63, 3.8) is 0 Å². The molecular formula is C15H17N3OS. The van der Waals surface area contributed by atoms with E-state index in [2.05, 4.69) is 23.8 Å². The highest BCUT2D eigenvalue weighted by atomic mass is 32.1. The van der Waals surface area contributed by atoms with E-state index in [1.54, 1.807) is 17.5 Å². The molecule has 0 spiro atoms. The van der Waals surface area contributed by atoms with E-state index >= 15 is 0 Å². The Kier molecular flexibility index (Phi) is 3.30. The van der Waals surface area contributed by atoms with Gasteiger partial charge in [0.25, 0.3) is 5.91 Å². The lowest BCUT2D eigenvalue weighted by Crippen LogP contribution is -2.28. The van der Waals surface area contributed by atoms with Gasteiger partial charge in [-0.25, -0.2) is 4.98 Å². The molecule has 0 aliphatic carbocycles. The lowest BCUT2D eigenvalue weighted by Gasteiger charge is -2.24. The van der Waals surface area contributed by atoms with E-state index < -0.39 is 0 Å². The monoisotopic (exact) mass is 287 g/mol. The van der Waals surface area contributed by atoms with Crippen LogP contribution in [0.3, 0.4) is 0 Å². The summed E-state index contributed by atoms with van der Waals surface area (Å²) in [6.45, 7) is 6.78. The third-order valence-electron chi connectivity index (χ3n) is 3.79. The van der Waals surface area contributed by atoms with Gasteiger partial charge < -0.3 is 4.90 Å². The lowest BCUT2D eigenvalue weighted by atomic mass is 10.2. The number of amides is 1. The fourth-order valence-electron chi connectivity index (χ4n) is 2.57. The summed E-state index contributed by atoms with van der Waals surface area (Å²) in [4.78, 5) is 24.6. The first kappa shape index (κ1) is 13.2. The minimum absolute atomic E-state index is 0.0501. The first-order valence-corrected chi connectivity index (χ1v) is 7.62. The van der Waals surface area contributed by atoms with Crippen LogP contribution < -0.4 is 0 Å². The molecule has 104 valence electrons. The highest BCUT2D eigenvalue weighted by Crippen LogP contribution is 2.34. The maximum Gasteiger partial charge on any atom is 0.256 e. The molecule has 1 aliphatic rings. The van der Waals surface area contributed by atoms with Crippen LogP contribution in [0.2, 0.25) is 0 Å². The minimum atomic E-state index is 0.0501. The van der Waals surface area contributed by atoms with E-state index in [4.69, 9.17) is 0 Å². The molecule has 0 bridgehead atoms. The van der Waals surface area contributed by atoms with Crippen molar-refractivity contribution in [2.75, 3.05) is 0 Å². The second-order valence-corrected chi connectivity index (χ2v) is 6.28. The van der Waals surface area contributed by atoms with E-state index in [1.807, 2.05) is 24.0 Å². The van der Waals surface area contributed by atoms with Crippen molar-refractivity contribution >= 4 is 17.2 Å². The Bertz CT molecular complexity index is 645. The number of nitrogens with zero attached hydrogens (tertiary/aromatic N) is 3. The molecule has 0 saturated carbocycles. The van der Waals surface area contributed by atoms with Gasteiger partial charge in [0.1, 0.15) is 5.01 Å². The van der Waals surface area contributed by atoms with Crippen LogP contribution in [-0.2, 0) is 6.54 Å². The Balaban J connectivity index is 1.94. The number of hydrogen-bond acceptors (Lipinski definition) is 4. The van der Waals surface area contributed by atoms with Crippen molar-refractivity contribution in [1.82, 2.24) is 14.9 Å². The van der Waals surface area contributed by atoms with Gasteiger partial charge in [-0.15, -0.1) is 11.3 Å². The SMILES string of the molecule is CCC(c1nc(C)c(C)s1)N1Cc2ncccc2C1=O.